The number of hydrogen-bond donors (Lipinski definition) is 1. The lowest BCUT2D eigenvalue weighted by atomic mass is 9.82. The molecule has 1 nitrogen and oxygen atoms in total. The van der Waals surface area contributed by atoms with Crippen LogP contribution in [0.2, 0.25) is 0 Å². The molecule has 0 aliphatic heterocycles. The topological polar surface area (TPSA) is 26.0 Å². The summed E-state index contributed by atoms with van der Waals surface area (Å²) in [5.41, 5.74) is 7.14. The first-order valence-corrected chi connectivity index (χ1v) is 14.5. The van der Waals surface area contributed by atoms with Crippen LogP contribution in [0.25, 0.3) is 0 Å². The van der Waals surface area contributed by atoms with E-state index in [0.717, 1.165) is 0 Å². The van der Waals surface area contributed by atoms with Gasteiger partial charge in [0, 0.05) is 5.54 Å². The number of unbranched alkanes of at least 4 members (excludes halogenated alkanes) is 19. The summed E-state index contributed by atoms with van der Waals surface area (Å²) < 4.78 is 0. The molecule has 0 bridgehead atoms. The molecule has 31 heavy (non-hydrogen) atoms. The third-order valence-corrected chi connectivity index (χ3v) is 7.08. The average molecular weight is 505 g/mol. The number of rotatable bonds is 25. The van der Waals surface area contributed by atoms with Crippen molar-refractivity contribution in [1.82, 2.24) is 0 Å². The monoisotopic (exact) mass is 503 g/mol. The summed E-state index contributed by atoms with van der Waals surface area (Å²) in [5, 5.41) is 0. The molecule has 0 rings (SSSR count). The molecule has 0 aromatic rings. The molecule has 2 N–H and O–H groups in total. The summed E-state index contributed by atoms with van der Waals surface area (Å²) in [5.74, 6) is 0. The highest BCUT2D eigenvalue weighted by Crippen LogP contribution is 2.27. The highest BCUT2D eigenvalue weighted by molar-refractivity contribution is 8.93. The molecule has 0 atom stereocenters. The van der Waals surface area contributed by atoms with Gasteiger partial charge in [0.25, 0.3) is 0 Å². The Morgan fingerprint density at radius 1 is 0.355 bits per heavy atom. The van der Waals surface area contributed by atoms with Crippen molar-refractivity contribution in [2.75, 3.05) is 0 Å². The average Bonchev–Trinajstić information content (AvgIpc) is 2.74. The summed E-state index contributed by atoms with van der Waals surface area (Å²) in [4.78, 5) is 0. The van der Waals surface area contributed by atoms with Crippen LogP contribution < -0.4 is 5.73 Å². The molecule has 2 heteroatoms. The van der Waals surface area contributed by atoms with Crippen molar-refractivity contribution < 1.29 is 0 Å². The first-order chi connectivity index (χ1) is 14.7. The van der Waals surface area contributed by atoms with Crippen molar-refractivity contribution in [3.05, 3.63) is 0 Å². The van der Waals surface area contributed by atoms with Crippen LogP contribution in [0.1, 0.15) is 181 Å². The largest absolute Gasteiger partial charge is 0.325 e. The van der Waals surface area contributed by atoms with E-state index in [4.69, 9.17) is 5.73 Å². The molecule has 0 unspecified atom stereocenters. The lowest BCUT2D eigenvalue weighted by Gasteiger charge is -2.30. The number of nitrogens with two attached hydrogens (primary N) is 1. The first-order valence-electron chi connectivity index (χ1n) is 14.5. The molecule has 0 radical (unpaired) electrons. The maximum atomic E-state index is 7.00. The van der Waals surface area contributed by atoms with Crippen LogP contribution in [0.15, 0.2) is 0 Å². The SMILES string of the molecule is Br.CCCCCCCCCCC(N)(CCCCCCCCC)CCCCCCCCC. The van der Waals surface area contributed by atoms with Gasteiger partial charge in [-0.25, -0.2) is 0 Å². The van der Waals surface area contributed by atoms with E-state index in [1.165, 1.54) is 161 Å². The molecule has 0 aromatic heterocycles. The van der Waals surface area contributed by atoms with Gasteiger partial charge >= 0.3 is 0 Å². The van der Waals surface area contributed by atoms with Crippen LogP contribution in [-0.4, -0.2) is 5.54 Å². The van der Waals surface area contributed by atoms with Crippen molar-refractivity contribution in [2.45, 2.75) is 187 Å². The van der Waals surface area contributed by atoms with Gasteiger partial charge in [-0.3, -0.25) is 0 Å². The molecule has 0 saturated carbocycles. The van der Waals surface area contributed by atoms with Gasteiger partial charge in [0.1, 0.15) is 0 Å². The van der Waals surface area contributed by atoms with Crippen molar-refractivity contribution in [1.29, 1.82) is 0 Å². The van der Waals surface area contributed by atoms with E-state index in [-0.39, 0.29) is 22.5 Å². The van der Waals surface area contributed by atoms with Gasteiger partial charge < -0.3 is 5.73 Å². The minimum atomic E-state index is 0. The van der Waals surface area contributed by atoms with Crippen molar-refractivity contribution in [2.24, 2.45) is 5.73 Å². The molecule has 0 aromatic carbocycles. The summed E-state index contributed by atoms with van der Waals surface area (Å²) in [6.45, 7) is 6.91. The Bertz CT molecular complexity index is 300. The van der Waals surface area contributed by atoms with E-state index in [1.54, 1.807) is 0 Å². The van der Waals surface area contributed by atoms with Crippen molar-refractivity contribution >= 4 is 17.0 Å². The Hall–Kier alpha value is 0.440. The van der Waals surface area contributed by atoms with Gasteiger partial charge in [-0.15, -0.1) is 17.0 Å². The van der Waals surface area contributed by atoms with Gasteiger partial charge in [0.15, 0.2) is 0 Å². The third-order valence-electron chi connectivity index (χ3n) is 7.08. The summed E-state index contributed by atoms with van der Waals surface area (Å²) in [6, 6.07) is 0. The van der Waals surface area contributed by atoms with Crippen LogP contribution in [0.4, 0.5) is 0 Å². The Labute approximate surface area is 209 Å². The van der Waals surface area contributed by atoms with Crippen molar-refractivity contribution in [3.8, 4) is 0 Å². The zero-order valence-electron chi connectivity index (χ0n) is 22.2. The van der Waals surface area contributed by atoms with Crippen molar-refractivity contribution in [3.63, 3.8) is 0 Å². The predicted molar refractivity (Wildman–Crippen MR) is 150 cm³/mol. The quantitative estimate of drug-likeness (QED) is 0.123. The number of halogens is 1. The van der Waals surface area contributed by atoms with Gasteiger partial charge in [0.05, 0.1) is 0 Å². The Morgan fingerprint density at radius 2 is 0.548 bits per heavy atom. The molecular weight excluding hydrogens is 442 g/mol. The Kier molecular flexibility index (Phi) is 28.9. The second kappa shape index (κ2) is 26.7. The molecule has 0 saturated heterocycles. The minimum absolute atomic E-state index is 0. The van der Waals surface area contributed by atoms with E-state index in [1.807, 2.05) is 0 Å². The second-order valence-electron chi connectivity index (χ2n) is 10.3. The fourth-order valence-electron chi connectivity index (χ4n) is 4.85. The van der Waals surface area contributed by atoms with E-state index in [2.05, 4.69) is 20.8 Å². The summed E-state index contributed by atoms with van der Waals surface area (Å²) in [6.07, 6.45) is 34.7. The number of hydrogen-bond acceptors (Lipinski definition) is 1. The summed E-state index contributed by atoms with van der Waals surface area (Å²) in [7, 11) is 0. The minimum Gasteiger partial charge on any atom is -0.325 e. The molecule has 0 amide bonds. The van der Waals surface area contributed by atoms with Gasteiger partial charge in [0.2, 0.25) is 0 Å². The normalized spacial score (nSPS) is 11.6. The molecule has 0 fully saturated rings. The van der Waals surface area contributed by atoms with Crippen LogP contribution in [0.3, 0.4) is 0 Å². The fourth-order valence-corrected chi connectivity index (χ4v) is 4.85. The first kappa shape index (κ1) is 33.6. The molecule has 0 aliphatic rings. The Balaban J connectivity index is 0. The van der Waals surface area contributed by atoms with E-state index < -0.39 is 0 Å². The molecule has 0 spiro atoms. The van der Waals surface area contributed by atoms with Crippen LogP contribution in [0, 0.1) is 0 Å². The molecule has 0 heterocycles. The predicted octanol–water partition coefficient (Wildman–Crippen LogP) is 11.1. The van der Waals surface area contributed by atoms with E-state index >= 15 is 0 Å². The molecule has 190 valence electrons. The molecule has 0 aliphatic carbocycles. The highest BCUT2D eigenvalue weighted by Gasteiger charge is 2.23. The van der Waals surface area contributed by atoms with Gasteiger partial charge in [-0.05, 0) is 19.3 Å². The second-order valence-corrected chi connectivity index (χ2v) is 10.3. The maximum Gasteiger partial charge on any atom is 0.0154 e. The van der Waals surface area contributed by atoms with Gasteiger partial charge in [-0.2, -0.15) is 0 Å². The maximum absolute atomic E-state index is 7.00. The lowest BCUT2D eigenvalue weighted by molar-refractivity contribution is 0.302. The van der Waals surface area contributed by atoms with Gasteiger partial charge in [-0.1, -0.05) is 162 Å². The highest BCUT2D eigenvalue weighted by atomic mass is 79.9. The van der Waals surface area contributed by atoms with Crippen LogP contribution in [0.5, 0.6) is 0 Å². The zero-order valence-corrected chi connectivity index (χ0v) is 23.9. The molecular formula is C29H62BrN. The zero-order chi connectivity index (χ0) is 22.2. The van der Waals surface area contributed by atoms with E-state index in [9.17, 15) is 0 Å². The smallest absolute Gasteiger partial charge is 0.0154 e. The standard InChI is InChI=1S/C29H61N.BrH/c1-4-7-10-13-16-19-22-25-28-29(30,26-23-20-17-14-11-8-5-2)27-24-21-18-15-12-9-6-3;/h4-28,30H2,1-3H3;1H. The lowest BCUT2D eigenvalue weighted by Crippen LogP contribution is -2.39. The van der Waals surface area contributed by atoms with Crippen LogP contribution in [-0.2, 0) is 0 Å². The summed E-state index contributed by atoms with van der Waals surface area (Å²) >= 11 is 0. The fraction of sp³-hybridized carbons (Fsp3) is 1.00. The third kappa shape index (κ3) is 24.9. The van der Waals surface area contributed by atoms with E-state index in [0.29, 0.717) is 0 Å². The Morgan fingerprint density at radius 3 is 0.774 bits per heavy atom. The van der Waals surface area contributed by atoms with Crippen LogP contribution >= 0.6 is 17.0 Å².